The van der Waals surface area contributed by atoms with Gasteiger partial charge in [-0.05, 0) is 42.7 Å². The van der Waals surface area contributed by atoms with Crippen LogP contribution in [0.3, 0.4) is 0 Å². The number of alkyl halides is 3. The SMILES string of the molecule is O=C(NCC(F)(F)F)Nc1cccc(C2=CNC3C=C(C4NNC(=NC5CC5)S4)C=CN23)c1. The lowest BCUT2D eigenvalue weighted by Crippen LogP contribution is -2.37. The molecular weight excluding hydrogens is 455 g/mol. The lowest BCUT2D eigenvalue weighted by molar-refractivity contribution is -0.122. The minimum Gasteiger partial charge on any atom is -0.366 e. The summed E-state index contributed by atoms with van der Waals surface area (Å²) in [5.41, 5.74) is 9.62. The van der Waals surface area contributed by atoms with Crippen LogP contribution in [0.25, 0.3) is 5.70 Å². The molecule has 1 saturated carbocycles. The summed E-state index contributed by atoms with van der Waals surface area (Å²) in [4.78, 5) is 18.5. The third-order valence-corrected chi connectivity index (χ3v) is 6.36. The number of thioether (sulfide) groups is 1. The van der Waals surface area contributed by atoms with Gasteiger partial charge in [-0.3, -0.25) is 10.4 Å². The Morgan fingerprint density at radius 2 is 2.15 bits per heavy atom. The van der Waals surface area contributed by atoms with E-state index < -0.39 is 18.8 Å². The molecule has 174 valence electrons. The lowest BCUT2D eigenvalue weighted by Gasteiger charge is -2.28. The summed E-state index contributed by atoms with van der Waals surface area (Å²) in [6, 6.07) is 6.50. The van der Waals surface area contributed by atoms with E-state index in [1.807, 2.05) is 24.5 Å². The second-order valence-corrected chi connectivity index (χ2v) is 9.06. The van der Waals surface area contributed by atoms with Gasteiger partial charge in [-0.25, -0.2) is 10.2 Å². The van der Waals surface area contributed by atoms with Crippen molar-refractivity contribution in [2.75, 3.05) is 11.9 Å². The predicted octanol–water partition coefficient (Wildman–Crippen LogP) is 3.04. The van der Waals surface area contributed by atoms with Crippen molar-refractivity contribution in [2.45, 2.75) is 36.6 Å². The molecule has 0 aromatic heterocycles. The zero-order valence-corrected chi connectivity index (χ0v) is 18.1. The molecule has 1 aromatic carbocycles. The first-order valence-electron chi connectivity index (χ1n) is 10.5. The summed E-state index contributed by atoms with van der Waals surface area (Å²) in [6.07, 6.45) is 5.81. The van der Waals surface area contributed by atoms with E-state index in [4.69, 9.17) is 0 Å². The molecule has 5 N–H and O–H groups in total. The average molecular weight is 478 g/mol. The summed E-state index contributed by atoms with van der Waals surface area (Å²) >= 11 is 1.66. The number of aliphatic imine (C=N–C) groups is 1. The van der Waals surface area contributed by atoms with Crippen LogP contribution < -0.4 is 26.8 Å². The van der Waals surface area contributed by atoms with Gasteiger partial charge in [0, 0.05) is 23.7 Å². The fourth-order valence-electron chi connectivity index (χ4n) is 3.58. The lowest BCUT2D eigenvalue weighted by atomic mass is 10.1. The summed E-state index contributed by atoms with van der Waals surface area (Å²) in [5, 5.41) is 8.56. The Bertz CT molecular complexity index is 1060. The van der Waals surface area contributed by atoms with E-state index in [1.54, 1.807) is 35.3 Å². The summed E-state index contributed by atoms with van der Waals surface area (Å²) in [7, 11) is 0. The van der Waals surface area contributed by atoms with Gasteiger partial charge < -0.3 is 20.9 Å². The van der Waals surface area contributed by atoms with E-state index in [0.717, 1.165) is 34.8 Å². The summed E-state index contributed by atoms with van der Waals surface area (Å²) in [6.45, 7) is -1.39. The zero-order valence-electron chi connectivity index (χ0n) is 17.3. The molecule has 0 spiro atoms. The van der Waals surface area contributed by atoms with Gasteiger partial charge >= 0.3 is 12.2 Å². The van der Waals surface area contributed by atoms with Gasteiger partial charge in [0.1, 0.15) is 18.1 Å². The number of hydrogen-bond donors (Lipinski definition) is 5. The topological polar surface area (TPSA) is 92.8 Å². The largest absolute Gasteiger partial charge is 0.405 e. The monoisotopic (exact) mass is 477 g/mol. The van der Waals surface area contributed by atoms with Crippen molar-refractivity contribution in [3.05, 3.63) is 60.0 Å². The second kappa shape index (κ2) is 8.67. The third-order valence-electron chi connectivity index (χ3n) is 5.30. The molecule has 2 atom stereocenters. The number of hydrazine groups is 1. The third kappa shape index (κ3) is 5.28. The number of rotatable bonds is 5. The summed E-state index contributed by atoms with van der Waals surface area (Å²) in [5.74, 6) is 0. The highest BCUT2D eigenvalue weighted by molar-refractivity contribution is 8.14. The molecule has 2 amide bonds. The van der Waals surface area contributed by atoms with Crippen LogP contribution in [0, 0.1) is 0 Å². The molecule has 0 radical (unpaired) electrons. The molecule has 2 unspecified atom stereocenters. The fourth-order valence-corrected chi connectivity index (χ4v) is 4.54. The molecule has 33 heavy (non-hydrogen) atoms. The van der Waals surface area contributed by atoms with Crippen LogP contribution in [0.5, 0.6) is 0 Å². The first kappa shape index (κ1) is 21.7. The van der Waals surface area contributed by atoms with Crippen LogP contribution in [0.1, 0.15) is 18.4 Å². The molecule has 1 aliphatic carbocycles. The van der Waals surface area contributed by atoms with Crippen LogP contribution in [0.2, 0.25) is 0 Å². The highest BCUT2D eigenvalue weighted by atomic mass is 32.2. The molecule has 1 saturated heterocycles. The number of urea groups is 1. The number of nitrogens with one attached hydrogen (secondary N) is 5. The van der Waals surface area contributed by atoms with Gasteiger partial charge in [-0.1, -0.05) is 23.9 Å². The maximum Gasteiger partial charge on any atom is 0.405 e. The number of carbonyl (C=O) groups is 1. The van der Waals surface area contributed by atoms with Crippen molar-refractivity contribution in [2.24, 2.45) is 4.99 Å². The Kier molecular flexibility index (Phi) is 5.71. The quantitative estimate of drug-likeness (QED) is 0.448. The Labute approximate surface area is 192 Å². The smallest absolute Gasteiger partial charge is 0.366 e. The first-order chi connectivity index (χ1) is 15.8. The van der Waals surface area contributed by atoms with Gasteiger partial charge in [-0.2, -0.15) is 13.2 Å². The maximum absolute atomic E-state index is 12.3. The Morgan fingerprint density at radius 1 is 1.30 bits per heavy atom. The number of benzene rings is 1. The molecule has 4 aliphatic rings. The molecule has 3 heterocycles. The molecular formula is C21H22F3N7OS. The normalized spacial score (nSPS) is 25.2. The first-order valence-corrected chi connectivity index (χ1v) is 11.3. The van der Waals surface area contributed by atoms with Gasteiger partial charge in [0.25, 0.3) is 0 Å². The van der Waals surface area contributed by atoms with Crippen molar-refractivity contribution in [3.63, 3.8) is 0 Å². The average Bonchev–Trinajstić information content (AvgIpc) is 3.30. The van der Waals surface area contributed by atoms with Crippen LogP contribution in [-0.4, -0.2) is 46.4 Å². The van der Waals surface area contributed by atoms with Crippen molar-refractivity contribution in [1.29, 1.82) is 0 Å². The van der Waals surface area contributed by atoms with E-state index in [9.17, 15) is 18.0 Å². The fraction of sp³-hybridized carbons (Fsp3) is 0.333. The summed E-state index contributed by atoms with van der Waals surface area (Å²) < 4.78 is 36.9. The van der Waals surface area contributed by atoms with E-state index >= 15 is 0 Å². The van der Waals surface area contributed by atoms with E-state index in [1.165, 1.54) is 0 Å². The van der Waals surface area contributed by atoms with Gasteiger partial charge in [0.2, 0.25) is 0 Å². The number of anilines is 1. The molecule has 5 rings (SSSR count). The van der Waals surface area contributed by atoms with Crippen molar-refractivity contribution in [1.82, 2.24) is 26.4 Å². The molecule has 1 aromatic rings. The predicted molar refractivity (Wildman–Crippen MR) is 122 cm³/mol. The number of fused-ring (bicyclic) bond motifs is 1. The van der Waals surface area contributed by atoms with Crippen molar-refractivity contribution < 1.29 is 18.0 Å². The van der Waals surface area contributed by atoms with Crippen LogP contribution in [0.4, 0.5) is 23.7 Å². The van der Waals surface area contributed by atoms with E-state index in [2.05, 4.69) is 37.5 Å². The second-order valence-electron chi connectivity index (χ2n) is 7.97. The number of nitrogens with zero attached hydrogens (tertiary/aromatic N) is 2. The number of hydrogen-bond acceptors (Lipinski definition) is 6. The molecule has 8 nitrogen and oxygen atoms in total. The highest BCUT2D eigenvalue weighted by Crippen LogP contribution is 2.34. The van der Waals surface area contributed by atoms with E-state index in [0.29, 0.717) is 11.7 Å². The van der Waals surface area contributed by atoms with Crippen molar-refractivity contribution >= 4 is 34.3 Å². The Hall–Kier alpha value is -3.12. The highest BCUT2D eigenvalue weighted by Gasteiger charge is 2.32. The number of carbonyl (C=O) groups excluding carboxylic acids is 1. The van der Waals surface area contributed by atoms with Crippen LogP contribution in [-0.2, 0) is 0 Å². The van der Waals surface area contributed by atoms with Crippen LogP contribution >= 0.6 is 11.8 Å². The Morgan fingerprint density at radius 3 is 2.94 bits per heavy atom. The minimum absolute atomic E-state index is 0.0643. The van der Waals surface area contributed by atoms with Gasteiger partial charge in [0.15, 0.2) is 5.17 Å². The zero-order chi connectivity index (χ0) is 23.0. The number of halogens is 3. The molecule has 3 aliphatic heterocycles. The van der Waals surface area contributed by atoms with E-state index in [-0.39, 0.29) is 11.5 Å². The molecule has 12 heteroatoms. The van der Waals surface area contributed by atoms with Crippen molar-refractivity contribution in [3.8, 4) is 0 Å². The van der Waals surface area contributed by atoms with Gasteiger partial charge in [-0.15, -0.1) is 0 Å². The minimum atomic E-state index is -4.46. The maximum atomic E-state index is 12.3. The molecule has 0 bridgehead atoms. The van der Waals surface area contributed by atoms with Crippen LogP contribution in [0.15, 0.2) is 59.4 Å². The number of amides is 2. The van der Waals surface area contributed by atoms with Gasteiger partial charge in [0.05, 0.1) is 11.7 Å². The Balaban J connectivity index is 1.21. The molecule has 2 fully saturated rings. The standard InChI is InChI=1S/C21H22F3N7OS/c22-21(23,24)11-26-19(32)27-15-3-1-2-12(8-15)16-10-25-17-9-13(6-7-31(16)17)18-29-30-20(33-18)28-14-4-5-14/h1-3,6-10,14,17-18,25,29H,4-5,11H2,(H,28,30)(H2,26,27,32). The number of amidine groups is 1.